The number of sulfonamides is 1. The average molecular weight is 541 g/mol. The van der Waals surface area contributed by atoms with Crippen molar-refractivity contribution in [1.29, 1.82) is 0 Å². The number of nitrogens with one attached hydrogen (secondary N) is 2. The summed E-state index contributed by atoms with van der Waals surface area (Å²) in [5.74, 6) is -1.62. The van der Waals surface area contributed by atoms with Crippen LogP contribution in [0.5, 0.6) is 0 Å². The van der Waals surface area contributed by atoms with Crippen LogP contribution in [-0.4, -0.2) is 60.5 Å². The van der Waals surface area contributed by atoms with E-state index in [0.717, 1.165) is 9.69 Å². The van der Waals surface area contributed by atoms with E-state index >= 15 is 0 Å². The number of pyridine rings is 1. The fourth-order valence-corrected chi connectivity index (χ4v) is 5.87. The van der Waals surface area contributed by atoms with Gasteiger partial charge in [-0.05, 0) is 48.9 Å². The molecule has 38 heavy (non-hydrogen) atoms. The Morgan fingerprint density at radius 3 is 2.58 bits per heavy atom. The minimum Gasteiger partial charge on any atom is -0.451 e. The lowest BCUT2D eigenvalue weighted by Gasteiger charge is -2.25. The van der Waals surface area contributed by atoms with Crippen molar-refractivity contribution in [2.24, 2.45) is 11.8 Å². The number of fused-ring (bicyclic) bond motifs is 1. The van der Waals surface area contributed by atoms with Gasteiger partial charge in [0.25, 0.3) is 15.9 Å². The molecule has 4 rings (SSSR count). The lowest BCUT2D eigenvalue weighted by atomic mass is 9.95. The van der Waals surface area contributed by atoms with Crippen molar-refractivity contribution in [2.75, 3.05) is 13.1 Å². The molecule has 1 saturated heterocycles. The number of nitrogens with zero attached hydrogens (tertiary/aromatic N) is 2. The maximum absolute atomic E-state index is 13.3. The molecule has 1 aliphatic heterocycles. The van der Waals surface area contributed by atoms with Gasteiger partial charge in [-0.1, -0.05) is 45.0 Å². The van der Waals surface area contributed by atoms with Crippen LogP contribution in [-0.2, 0) is 19.6 Å². The number of aromatic nitrogens is 1. The van der Waals surface area contributed by atoms with E-state index < -0.39 is 39.7 Å². The lowest BCUT2D eigenvalue weighted by molar-refractivity contribution is -0.129. The lowest BCUT2D eigenvalue weighted by Crippen LogP contribution is -2.54. The quantitative estimate of drug-likeness (QED) is 0.448. The molecule has 0 bridgehead atoms. The Morgan fingerprint density at radius 2 is 1.89 bits per heavy atom. The maximum Gasteiger partial charge on any atom is 0.287 e. The summed E-state index contributed by atoms with van der Waals surface area (Å²) in [5.41, 5.74) is 0.561. The molecule has 0 aliphatic carbocycles. The summed E-state index contributed by atoms with van der Waals surface area (Å²) < 4.78 is 32.8. The number of carbonyl (C=O) groups excluding carboxylic acids is 3. The summed E-state index contributed by atoms with van der Waals surface area (Å²) in [7, 11) is -3.96. The molecule has 1 fully saturated rings. The topological polar surface area (TPSA) is 139 Å². The van der Waals surface area contributed by atoms with Gasteiger partial charge in [-0.3, -0.25) is 14.4 Å². The number of benzene rings is 1. The van der Waals surface area contributed by atoms with Gasteiger partial charge in [0.1, 0.15) is 11.6 Å². The van der Waals surface area contributed by atoms with E-state index in [0.29, 0.717) is 18.4 Å². The molecular weight excluding hydrogens is 508 g/mol. The summed E-state index contributed by atoms with van der Waals surface area (Å²) in [6.07, 6.45) is 2.09. The first-order valence-corrected chi connectivity index (χ1v) is 14.0. The highest BCUT2D eigenvalue weighted by molar-refractivity contribution is 7.89. The van der Waals surface area contributed by atoms with Gasteiger partial charge in [0.15, 0.2) is 16.6 Å². The molecule has 0 radical (unpaired) electrons. The van der Waals surface area contributed by atoms with Crippen molar-refractivity contribution < 1.29 is 27.2 Å². The number of hydrogen-bond acceptors (Lipinski definition) is 7. The standard InChI is InChI=1S/C27H32N4O6S/c1-17(2)14-20(29-27(34)23-15-19-8-4-5-9-22(19)37-23)26(33)30-25-18(3)11-13-31(16-21(25)32)38(35,36)24-10-6-7-12-28-24/h4-10,12,15,17-18,20,25H,11,13-14,16H2,1-3H3,(H,29,34)(H,30,33)/t18-,20?,25+/m1/s1. The predicted octanol–water partition coefficient (Wildman–Crippen LogP) is 2.76. The fourth-order valence-electron chi connectivity index (χ4n) is 4.52. The average Bonchev–Trinajstić information content (AvgIpc) is 3.27. The Hall–Kier alpha value is -3.57. The van der Waals surface area contributed by atoms with Crippen molar-refractivity contribution in [3.8, 4) is 0 Å². The molecule has 2 aromatic heterocycles. The maximum atomic E-state index is 13.3. The van der Waals surface area contributed by atoms with Crippen LogP contribution in [0.15, 0.2) is 64.2 Å². The molecule has 3 aromatic rings. The molecule has 0 saturated carbocycles. The smallest absolute Gasteiger partial charge is 0.287 e. The molecule has 1 aromatic carbocycles. The molecule has 11 heteroatoms. The second kappa shape index (κ2) is 11.4. The number of rotatable bonds is 8. The van der Waals surface area contributed by atoms with Crippen molar-refractivity contribution >= 4 is 38.6 Å². The third-order valence-corrected chi connectivity index (χ3v) is 8.36. The highest BCUT2D eigenvalue weighted by Crippen LogP contribution is 2.22. The van der Waals surface area contributed by atoms with Crippen LogP contribution in [0.4, 0.5) is 0 Å². The van der Waals surface area contributed by atoms with Crippen LogP contribution in [0.3, 0.4) is 0 Å². The van der Waals surface area contributed by atoms with Gasteiger partial charge in [0, 0.05) is 18.1 Å². The molecule has 3 heterocycles. The van der Waals surface area contributed by atoms with Crippen LogP contribution in [0.25, 0.3) is 11.0 Å². The number of amides is 2. The zero-order valence-corrected chi connectivity index (χ0v) is 22.4. The zero-order chi connectivity index (χ0) is 27.4. The molecular formula is C27H32N4O6S. The van der Waals surface area contributed by atoms with Crippen molar-refractivity contribution in [2.45, 2.75) is 50.7 Å². The molecule has 2 amide bonds. The van der Waals surface area contributed by atoms with Gasteiger partial charge in [-0.2, -0.15) is 4.31 Å². The van der Waals surface area contributed by atoms with Gasteiger partial charge < -0.3 is 15.1 Å². The summed E-state index contributed by atoms with van der Waals surface area (Å²) >= 11 is 0. The van der Waals surface area contributed by atoms with Gasteiger partial charge >= 0.3 is 0 Å². The van der Waals surface area contributed by atoms with Crippen LogP contribution in [0.1, 0.15) is 44.2 Å². The van der Waals surface area contributed by atoms with E-state index in [1.807, 2.05) is 26.0 Å². The summed E-state index contributed by atoms with van der Waals surface area (Å²) in [6, 6.07) is 11.6. The monoisotopic (exact) mass is 540 g/mol. The van der Waals surface area contributed by atoms with Crippen molar-refractivity contribution in [3.05, 3.63) is 60.5 Å². The van der Waals surface area contributed by atoms with Crippen LogP contribution in [0, 0.1) is 11.8 Å². The first-order valence-electron chi connectivity index (χ1n) is 12.6. The second-order valence-electron chi connectivity index (χ2n) is 10.0. The Balaban J connectivity index is 1.48. The minimum absolute atomic E-state index is 0.0722. The van der Waals surface area contributed by atoms with Gasteiger partial charge in [0.2, 0.25) is 5.91 Å². The zero-order valence-electron chi connectivity index (χ0n) is 21.6. The van der Waals surface area contributed by atoms with Crippen LogP contribution < -0.4 is 10.6 Å². The van der Waals surface area contributed by atoms with Crippen LogP contribution >= 0.6 is 0 Å². The third-order valence-electron chi connectivity index (χ3n) is 6.60. The predicted molar refractivity (Wildman–Crippen MR) is 141 cm³/mol. The summed E-state index contributed by atoms with van der Waals surface area (Å²) in [5, 5.41) is 6.17. The summed E-state index contributed by atoms with van der Waals surface area (Å²) in [6.45, 7) is 5.38. The van der Waals surface area contributed by atoms with E-state index in [1.165, 1.54) is 12.3 Å². The van der Waals surface area contributed by atoms with E-state index in [1.54, 1.807) is 37.3 Å². The number of carbonyl (C=O) groups is 3. The largest absolute Gasteiger partial charge is 0.451 e. The van der Waals surface area contributed by atoms with E-state index in [-0.39, 0.29) is 35.7 Å². The minimum atomic E-state index is -3.96. The number of ketones is 1. The van der Waals surface area contributed by atoms with E-state index in [4.69, 9.17) is 4.42 Å². The highest BCUT2D eigenvalue weighted by atomic mass is 32.2. The Bertz CT molecular complexity index is 1390. The molecule has 2 N–H and O–H groups in total. The number of Topliss-reactive ketones (excluding diaryl/α,β-unsaturated/α-hetero) is 1. The number of furan rings is 1. The SMILES string of the molecule is CC(C)CC(NC(=O)c1cc2ccccc2o1)C(=O)N[C@@H]1C(=O)CN(S(=O)(=O)c2ccccn2)CC[C@H]1C. The Morgan fingerprint density at radius 1 is 1.16 bits per heavy atom. The molecule has 0 spiro atoms. The van der Waals surface area contributed by atoms with Crippen molar-refractivity contribution in [1.82, 2.24) is 19.9 Å². The van der Waals surface area contributed by atoms with Gasteiger partial charge in [0.05, 0.1) is 12.6 Å². The molecule has 202 valence electrons. The highest BCUT2D eigenvalue weighted by Gasteiger charge is 2.38. The first kappa shape index (κ1) is 27.5. The van der Waals surface area contributed by atoms with E-state index in [9.17, 15) is 22.8 Å². The number of hydrogen-bond donors (Lipinski definition) is 2. The van der Waals surface area contributed by atoms with E-state index in [2.05, 4.69) is 15.6 Å². The first-order chi connectivity index (χ1) is 18.1. The molecule has 1 unspecified atom stereocenters. The Kier molecular flexibility index (Phi) is 8.27. The van der Waals surface area contributed by atoms with Crippen LogP contribution in [0.2, 0.25) is 0 Å². The van der Waals surface area contributed by atoms with Gasteiger partial charge in [-0.15, -0.1) is 0 Å². The third kappa shape index (κ3) is 6.11. The Labute approximate surface area is 221 Å². The molecule has 10 nitrogen and oxygen atoms in total. The normalized spacial score (nSPS) is 19.7. The van der Waals surface area contributed by atoms with Gasteiger partial charge in [-0.25, -0.2) is 13.4 Å². The number of para-hydroxylation sites is 1. The molecule has 1 aliphatic rings. The van der Waals surface area contributed by atoms with Crippen molar-refractivity contribution in [3.63, 3.8) is 0 Å². The summed E-state index contributed by atoms with van der Waals surface area (Å²) in [4.78, 5) is 43.4. The second-order valence-corrected chi connectivity index (χ2v) is 11.9. The fraction of sp³-hybridized carbons (Fsp3) is 0.407. The molecule has 3 atom stereocenters.